The number of hydrogen-bond acceptors (Lipinski definition) is 4. The van der Waals surface area contributed by atoms with Gasteiger partial charge in [0.05, 0.1) is 21.1 Å². The number of carbonyl (C=O) groups excluding carboxylic acids is 2. The van der Waals surface area contributed by atoms with Gasteiger partial charge in [-0.2, -0.15) is 0 Å². The fourth-order valence-corrected chi connectivity index (χ4v) is 3.06. The number of nitrogens with zero attached hydrogens (tertiary/aromatic N) is 2. The molecule has 0 radical (unpaired) electrons. The van der Waals surface area contributed by atoms with Gasteiger partial charge in [-0.05, 0) is 35.0 Å². The maximum absolute atomic E-state index is 12.2. The molecule has 2 heterocycles. The van der Waals surface area contributed by atoms with Crippen molar-refractivity contribution in [1.82, 2.24) is 4.98 Å². The first-order valence-electron chi connectivity index (χ1n) is 5.18. The van der Waals surface area contributed by atoms with Crippen LogP contribution in [0, 0.1) is 6.92 Å². The van der Waals surface area contributed by atoms with Gasteiger partial charge in [-0.15, -0.1) is 0 Å². The zero-order valence-electron chi connectivity index (χ0n) is 9.31. The normalized spacial score (nSPS) is 14.2. The molecular formula is C12H7BrN2O2S. The zero-order valence-corrected chi connectivity index (χ0v) is 11.7. The Labute approximate surface area is 115 Å². The van der Waals surface area contributed by atoms with Crippen LogP contribution in [0.1, 0.15) is 26.3 Å². The molecule has 1 aromatic heterocycles. The Morgan fingerprint density at radius 3 is 2.61 bits per heavy atom. The van der Waals surface area contributed by atoms with Crippen molar-refractivity contribution in [3.63, 3.8) is 0 Å². The van der Waals surface area contributed by atoms with Crippen LogP contribution < -0.4 is 4.90 Å². The van der Waals surface area contributed by atoms with Gasteiger partial charge in [0.25, 0.3) is 11.8 Å². The van der Waals surface area contributed by atoms with E-state index in [0.717, 1.165) is 14.2 Å². The molecule has 0 N–H and O–H groups in total. The van der Waals surface area contributed by atoms with Crippen molar-refractivity contribution in [2.75, 3.05) is 4.90 Å². The topological polar surface area (TPSA) is 50.3 Å². The Morgan fingerprint density at radius 2 is 1.94 bits per heavy atom. The molecule has 6 heteroatoms. The van der Waals surface area contributed by atoms with Crippen molar-refractivity contribution in [2.45, 2.75) is 6.92 Å². The number of aryl methyl sites for hydroxylation is 1. The number of amides is 2. The molecule has 2 aromatic rings. The third kappa shape index (κ3) is 1.60. The molecule has 0 saturated carbocycles. The van der Waals surface area contributed by atoms with Crippen molar-refractivity contribution < 1.29 is 9.59 Å². The predicted octanol–water partition coefficient (Wildman–Crippen LogP) is 3.01. The van der Waals surface area contributed by atoms with Crippen LogP contribution in [-0.2, 0) is 0 Å². The van der Waals surface area contributed by atoms with Crippen molar-refractivity contribution in [3.05, 3.63) is 44.9 Å². The van der Waals surface area contributed by atoms with Crippen molar-refractivity contribution >= 4 is 44.2 Å². The Bertz CT molecular complexity index is 680. The summed E-state index contributed by atoms with van der Waals surface area (Å²) in [4.78, 5) is 29.6. The Morgan fingerprint density at radius 1 is 1.22 bits per heavy atom. The van der Waals surface area contributed by atoms with Gasteiger partial charge in [-0.25, -0.2) is 9.88 Å². The number of rotatable bonds is 1. The van der Waals surface area contributed by atoms with Gasteiger partial charge in [0.1, 0.15) is 0 Å². The van der Waals surface area contributed by atoms with E-state index < -0.39 is 0 Å². The summed E-state index contributed by atoms with van der Waals surface area (Å²) in [7, 11) is 0. The molecule has 18 heavy (non-hydrogen) atoms. The van der Waals surface area contributed by atoms with E-state index in [0.29, 0.717) is 16.3 Å². The van der Waals surface area contributed by atoms with Crippen LogP contribution >= 0.6 is 27.3 Å². The molecule has 0 fully saturated rings. The summed E-state index contributed by atoms with van der Waals surface area (Å²) in [5.41, 5.74) is 1.85. The SMILES string of the molecule is Cc1ccc2c(c1)C(=O)N(c1ncc(Br)s1)C2=O. The van der Waals surface area contributed by atoms with Gasteiger partial charge in [0, 0.05) is 0 Å². The monoisotopic (exact) mass is 322 g/mol. The van der Waals surface area contributed by atoms with E-state index in [-0.39, 0.29) is 11.8 Å². The molecule has 0 unspecified atom stereocenters. The first kappa shape index (κ1) is 11.6. The van der Waals surface area contributed by atoms with E-state index in [1.807, 2.05) is 13.0 Å². The van der Waals surface area contributed by atoms with Gasteiger partial charge in [-0.1, -0.05) is 23.0 Å². The first-order chi connectivity index (χ1) is 8.58. The highest BCUT2D eigenvalue weighted by atomic mass is 79.9. The standard InChI is InChI=1S/C12H7BrN2O2S/c1-6-2-3-7-8(4-6)11(17)15(10(7)16)12-14-5-9(13)18-12/h2-5H,1H3. The lowest BCUT2D eigenvalue weighted by Gasteiger charge is -2.08. The maximum atomic E-state index is 12.2. The number of fused-ring (bicyclic) bond motifs is 1. The largest absolute Gasteiger partial charge is 0.268 e. The van der Waals surface area contributed by atoms with Gasteiger partial charge in [0.15, 0.2) is 0 Å². The highest BCUT2D eigenvalue weighted by molar-refractivity contribution is 9.11. The molecule has 1 aliphatic rings. The minimum Gasteiger partial charge on any atom is -0.268 e. The lowest BCUT2D eigenvalue weighted by Crippen LogP contribution is -2.29. The first-order valence-corrected chi connectivity index (χ1v) is 6.79. The fourth-order valence-electron chi connectivity index (χ4n) is 1.88. The number of halogens is 1. The number of carbonyl (C=O) groups is 2. The molecule has 4 nitrogen and oxygen atoms in total. The second-order valence-electron chi connectivity index (χ2n) is 3.94. The number of thiazole rings is 1. The van der Waals surface area contributed by atoms with Gasteiger partial charge < -0.3 is 0 Å². The van der Waals surface area contributed by atoms with Crippen molar-refractivity contribution in [1.29, 1.82) is 0 Å². The van der Waals surface area contributed by atoms with E-state index in [1.165, 1.54) is 11.3 Å². The molecule has 1 aromatic carbocycles. The number of aromatic nitrogens is 1. The third-order valence-electron chi connectivity index (χ3n) is 2.70. The summed E-state index contributed by atoms with van der Waals surface area (Å²) in [6.45, 7) is 1.89. The summed E-state index contributed by atoms with van der Waals surface area (Å²) in [6, 6.07) is 5.25. The van der Waals surface area contributed by atoms with Crippen LogP contribution in [0.4, 0.5) is 5.13 Å². The van der Waals surface area contributed by atoms with Crippen molar-refractivity contribution in [2.24, 2.45) is 0 Å². The average molecular weight is 323 g/mol. The molecule has 3 rings (SSSR count). The number of anilines is 1. The lowest BCUT2D eigenvalue weighted by molar-refractivity contribution is 0.0926. The molecule has 0 saturated heterocycles. The van der Waals surface area contributed by atoms with E-state index in [1.54, 1.807) is 18.3 Å². The molecular weight excluding hydrogens is 316 g/mol. The molecule has 0 aliphatic carbocycles. The van der Waals surface area contributed by atoms with E-state index >= 15 is 0 Å². The van der Waals surface area contributed by atoms with Crippen LogP contribution in [0.2, 0.25) is 0 Å². The highest BCUT2D eigenvalue weighted by Crippen LogP contribution is 2.33. The van der Waals surface area contributed by atoms with Crippen LogP contribution in [0.15, 0.2) is 28.2 Å². The summed E-state index contributed by atoms with van der Waals surface area (Å²) < 4.78 is 0.783. The average Bonchev–Trinajstić information content (AvgIpc) is 2.84. The summed E-state index contributed by atoms with van der Waals surface area (Å²) in [6.07, 6.45) is 1.58. The predicted molar refractivity (Wildman–Crippen MR) is 72.1 cm³/mol. The number of hydrogen-bond donors (Lipinski definition) is 0. The Kier molecular flexibility index (Phi) is 2.57. The smallest absolute Gasteiger partial charge is 0.268 e. The third-order valence-corrected chi connectivity index (χ3v) is 4.16. The van der Waals surface area contributed by atoms with Gasteiger partial charge in [-0.3, -0.25) is 9.59 Å². The van der Waals surface area contributed by atoms with E-state index in [4.69, 9.17) is 0 Å². The van der Waals surface area contributed by atoms with Crippen LogP contribution in [-0.4, -0.2) is 16.8 Å². The molecule has 0 spiro atoms. The zero-order chi connectivity index (χ0) is 12.9. The van der Waals surface area contributed by atoms with Crippen molar-refractivity contribution in [3.8, 4) is 0 Å². The van der Waals surface area contributed by atoms with E-state index in [2.05, 4.69) is 20.9 Å². The number of benzene rings is 1. The van der Waals surface area contributed by atoms with Crippen LogP contribution in [0.3, 0.4) is 0 Å². The second kappa shape index (κ2) is 4.00. The maximum Gasteiger partial charge on any atom is 0.268 e. The van der Waals surface area contributed by atoms with Gasteiger partial charge in [0.2, 0.25) is 5.13 Å². The molecule has 1 aliphatic heterocycles. The summed E-state index contributed by atoms with van der Waals surface area (Å²) in [5.74, 6) is -0.614. The summed E-state index contributed by atoms with van der Waals surface area (Å²) in [5, 5.41) is 0.394. The Hall–Kier alpha value is -1.53. The second-order valence-corrected chi connectivity index (χ2v) is 6.33. The quantitative estimate of drug-likeness (QED) is 0.758. The Balaban J connectivity index is 2.12. The van der Waals surface area contributed by atoms with Gasteiger partial charge >= 0.3 is 0 Å². The molecule has 0 bridgehead atoms. The lowest BCUT2D eigenvalue weighted by atomic mass is 10.1. The summed E-state index contributed by atoms with van der Waals surface area (Å²) >= 11 is 4.53. The van der Waals surface area contributed by atoms with E-state index in [9.17, 15) is 9.59 Å². The molecule has 0 atom stereocenters. The number of imide groups is 1. The van der Waals surface area contributed by atoms with Crippen LogP contribution in [0.5, 0.6) is 0 Å². The molecule has 90 valence electrons. The minimum absolute atomic E-state index is 0.305. The van der Waals surface area contributed by atoms with Crippen LogP contribution in [0.25, 0.3) is 0 Å². The molecule has 2 amide bonds. The minimum atomic E-state index is -0.308. The fraction of sp³-hybridized carbons (Fsp3) is 0.0833. The highest BCUT2D eigenvalue weighted by Gasteiger charge is 2.38.